The molecule has 1 N–H and O–H groups in total. The van der Waals surface area contributed by atoms with Crippen LogP contribution in [-0.2, 0) is 0 Å². The Morgan fingerprint density at radius 3 is 2.36 bits per heavy atom. The van der Waals surface area contributed by atoms with Crippen LogP contribution in [0.25, 0.3) is 0 Å². The van der Waals surface area contributed by atoms with E-state index in [1.54, 1.807) is 11.8 Å². The summed E-state index contributed by atoms with van der Waals surface area (Å²) in [5, 5.41) is 9.52. The van der Waals surface area contributed by atoms with Crippen molar-refractivity contribution < 1.29 is 5.11 Å². The van der Waals surface area contributed by atoms with E-state index in [1.807, 2.05) is 26.0 Å². The van der Waals surface area contributed by atoms with Crippen LogP contribution >= 0.6 is 27.7 Å². The highest BCUT2D eigenvalue weighted by molar-refractivity contribution is 9.10. The maximum atomic E-state index is 9.52. The van der Waals surface area contributed by atoms with E-state index in [1.165, 1.54) is 4.90 Å². The Hall–Kier alpha value is 0.01000. The molecular weight excluding hydrogens is 260 g/mol. The van der Waals surface area contributed by atoms with Crippen LogP contribution in [0.5, 0.6) is 0 Å². The van der Waals surface area contributed by atoms with Crippen LogP contribution in [0.3, 0.4) is 0 Å². The fourth-order valence-corrected chi connectivity index (χ4v) is 2.38. The van der Waals surface area contributed by atoms with Gasteiger partial charge in [0.1, 0.15) is 0 Å². The molecule has 1 aromatic carbocycles. The monoisotopic (exact) mass is 274 g/mol. The van der Waals surface area contributed by atoms with Crippen molar-refractivity contribution in [2.24, 2.45) is 0 Å². The average Bonchev–Trinajstić information content (AvgIpc) is 2.06. The minimum absolute atomic E-state index is 0.553. The zero-order valence-corrected chi connectivity index (χ0v) is 10.9. The van der Waals surface area contributed by atoms with E-state index in [2.05, 4.69) is 28.1 Å². The summed E-state index contributed by atoms with van der Waals surface area (Å²) < 4.78 is 1.10. The smallest absolute Gasteiger partial charge is 0.0599 e. The van der Waals surface area contributed by atoms with Crippen LogP contribution < -0.4 is 0 Å². The van der Waals surface area contributed by atoms with Crippen molar-refractivity contribution in [3.8, 4) is 0 Å². The molecule has 0 atom stereocenters. The fourth-order valence-electron chi connectivity index (χ4n) is 0.949. The lowest BCUT2D eigenvalue weighted by atomic mass is 10.1. The quantitative estimate of drug-likeness (QED) is 0.845. The Morgan fingerprint density at radius 1 is 1.29 bits per heavy atom. The molecule has 3 heteroatoms. The van der Waals surface area contributed by atoms with Gasteiger partial charge in [0.05, 0.1) is 5.60 Å². The fraction of sp³-hybridized carbons (Fsp3) is 0.455. The summed E-state index contributed by atoms with van der Waals surface area (Å²) in [6.45, 7) is 3.68. The van der Waals surface area contributed by atoms with Crippen molar-refractivity contribution in [1.29, 1.82) is 0 Å². The lowest BCUT2D eigenvalue weighted by Gasteiger charge is -2.16. The molecule has 0 spiro atoms. The third-order valence-corrected chi connectivity index (χ3v) is 3.34. The molecule has 1 nitrogen and oxygen atoms in total. The molecule has 14 heavy (non-hydrogen) atoms. The second-order valence-electron chi connectivity index (χ2n) is 3.86. The maximum absolute atomic E-state index is 9.52. The lowest BCUT2D eigenvalue weighted by molar-refractivity contribution is 0.0778. The van der Waals surface area contributed by atoms with E-state index < -0.39 is 5.60 Å². The summed E-state index contributed by atoms with van der Waals surface area (Å²) >= 11 is 5.17. The Bertz CT molecular complexity index is 276. The summed E-state index contributed by atoms with van der Waals surface area (Å²) in [6, 6.07) is 8.23. The van der Waals surface area contributed by atoms with Crippen LogP contribution in [0.2, 0.25) is 0 Å². The topological polar surface area (TPSA) is 20.2 Å². The molecule has 0 saturated carbocycles. The molecule has 0 saturated heterocycles. The van der Waals surface area contributed by atoms with Crippen LogP contribution in [0, 0.1) is 0 Å². The zero-order chi connectivity index (χ0) is 10.6. The number of rotatable bonds is 4. The molecule has 0 unspecified atom stereocenters. The van der Waals surface area contributed by atoms with Crippen LogP contribution in [-0.4, -0.2) is 16.5 Å². The maximum Gasteiger partial charge on any atom is 0.0599 e. The van der Waals surface area contributed by atoms with E-state index in [4.69, 9.17) is 0 Å². The number of hydrogen-bond acceptors (Lipinski definition) is 2. The minimum atomic E-state index is -0.553. The summed E-state index contributed by atoms with van der Waals surface area (Å²) in [4.78, 5) is 1.25. The highest BCUT2D eigenvalue weighted by Gasteiger charge is 2.11. The predicted octanol–water partition coefficient (Wildman–Crippen LogP) is 3.70. The van der Waals surface area contributed by atoms with Gasteiger partial charge in [0.2, 0.25) is 0 Å². The molecule has 1 aromatic rings. The molecular formula is C11H15BrOS. The van der Waals surface area contributed by atoms with Crippen LogP contribution in [0.4, 0.5) is 0 Å². The zero-order valence-electron chi connectivity index (χ0n) is 8.46. The number of hydrogen-bond donors (Lipinski definition) is 1. The van der Waals surface area contributed by atoms with Gasteiger partial charge in [-0.2, -0.15) is 0 Å². The van der Waals surface area contributed by atoms with E-state index in [0.717, 1.165) is 16.6 Å². The Balaban J connectivity index is 2.35. The second kappa shape index (κ2) is 5.19. The molecule has 1 rings (SSSR count). The van der Waals surface area contributed by atoms with Gasteiger partial charge in [0.25, 0.3) is 0 Å². The first-order chi connectivity index (χ1) is 6.47. The van der Waals surface area contributed by atoms with Crippen LogP contribution in [0.15, 0.2) is 33.6 Å². The average molecular weight is 275 g/mol. The van der Waals surface area contributed by atoms with Crippen molar-refractivity contribution >= 4 is 27.7 Å². The van der Waals surface area contributed by atoms with Crippen molar-refractivity contribution in [2.75, 3.05) is 5.75 Å². The molecule has 0 fully saturated rings. The Morgan fingerprint density at radius 2 is 1.86 bits per heavy atom. The highest BCUT2D eigenvalue weighted by Crippen LogP contribution is 2.23. The normalized spacial score (nSPS) is 11.7. The van der Waals surface area contributed by atoms with Gasteiger partial charge in [-0.3, -0.25) is 0 Å². The van der Waals surface area contributed by atoms with Crippen molar-refractivity contribution in [2.45, 2.75) is 30.8 Å². The van der Waals surface area contributed by atoms with Crippen molar-refractivity contribution in [1.82, 2.24) is 0 Å². The molecule has 0 amide bonds. The summed E-state index contributed by atoms with van der Waals surface area (Å²) in [5.74, 6) is 0.950. The lowest BCUT2D eigenvalue weighted by Crippen LogP contribution is -2.18. The molecule has 0 radical (unpaired) electrons. The van der Waals surface area contributed by atoms with Gasteiger partial charge >= 0.3 is 0 Å². The minimum Gasteiger partial charge on any atom is -0.390 e. The van der Waals surface area contributed by atoms with E-state index >= 15 is 0 Å². The number of halogens is 1. The number of thioether (sulfide) groups is 1. The summed E-state index contributed by atoms with van der Waals surface area (Å²) in [6.07, 6.45) is 0.813. The Kier molecular flexibility index (Phi) is 4.48. The van der Waals surface area contributed by atoms with Gasteiger partial charge in [-0.25, -0.2) is 0 Å². The van der Waals surface area contributed by atoms with Crippen LogP contribution in [0.1, 0.15) is 20.3 Å². The summed E-state index contributed by atoms with van der Waals surface area (Å²) in [7, 11) is 0. The first-order valence-corrected chi connectivity index (χ1v) is 6.36. The first-order valence-electron chi connectivity index (χ1n) is 4.58. The van der Waals surface area contributed by atoms with Gasteiger partial charge in [0, 0.05) is 15.1 Å². The molecule has 0 heterocycles. The third kappa shape index (κ3) is 5.03. The van der Waals surface area contributed by atoms with Crippen molar-refractivity contribution in [3.63, 3.8) is 0 Å². The van der Waals surface area contributed by atoms with E-state index in [0.29, 0.717) is 0 Å². The van der Waals surface area contributed by atoms with Crippen molar-refractivity contribution in [3.05, 3.63) is 28.7 Å². The number of aliphatic hydroxyl groups is 1. The van der Waals surface area contributed by atoms with E-state index in [-0.39, 0.29) is 0 Å². The largest absolute Gasteiger partial charge is 0.390 e. The van der Waals surface area contributed by atoms with Gasteiger partial charge < -0.3 is 5.11 Å². The molecule has 0 aliphatic carbocycles. The first kappa shape index (κ1) is 12.1. The standard InChI is InChI=1S/C11H15BrOS/c1-11(2,13)7-8-14-10-5-3-9(12)4-6-10/h3-6,13H,7-8H2,1-2H3. The molecule has 0 aliphatic heterocycles. The van der Waals surface area contributed by atoms with Gasteiger partial charge in [-0.05, 0) is 44.5 Å². The third-order valence-electron chi connectivity index (χ3n) is 1.80. The van der Waals surface area contributed by atoms with E-state index in [9.17, 15) is 5.11 Å². The summed E-state index contributed by atoms with van der Waals surface area (Å²) in [5.41, 5.74) is -0.553. The number of benzene rings is 1. The molecule has 0 aromatic heterocycles. The van der Waals surface area contributed by atoms with Gasteiger partial charge in [0.15, 0.2) is 0 Å². The predicted molar refractivity (Wildman–Crippen MR) is 65.8 cm³/mol. The molecule has 78 valence electrons. The highest BCUT2D eigenvalue weighted by atomic mass is 79.9. The molecule has 0 bridgehead atoms. The SMILES string of the molecule is CC(C)(O)CCSc1ccc(Br)cc1. The Labute approximate surface area is 98.0 Å². The van der Waals surface area contributed by atoms with Gasteiger partial charge in [-0.15, -0.1) is 11.8 Å². The molecule has 0 aliphatic rings. The van der Waals surface area contributed by atoms with Gasteiger partial charge in [-0.1, -0.05) is 15.9 Å². The second-order valence-corrected chi connectivity index (χ2v) is 5.95.